The van der Waals surface area contributed by atoms with E-state index in [1.807, 2.05) is 19.1 Å². The minimum atomic E-state index is -0.275. The number of aliphatic hydroxyl groups is 1. The third kappa shape index (κ3) is 2.77. The number of carbonyl (C=O) groups is 1. The molecule has 0 unspecified atom stereocenters. The molecule has 0 spiro atoms. The Balaban J connectivity index is 2.58. The maximum Gasteiger partial charge on any atom is 0.310 e. The van der Waals surface area contributed by atoms with E-state index < -0.39 is 0 Å². The Labute approximate surface area is 119 Å². The normalized spacial score (nSPS) is 10.7. The summed E-state index contributed by atoms with van der Waals surface area (Å²) in [4.78, 5) is 15.8. The highest BCUT2D eigenvalue weighted by Gasteiger charge is 2.14. The first-order chi connectivity index (χ1) is 9.06. The fourth-order valence-corrected chi connectivity index (χ4v) is 2.75. The predicted octanol–water partition coefficient (Wildman–Crippen LogP) is 2.51. The van der Waals surface area contributed by atoms with Crippen LogP contribution in [0.4, 0.5) is 0 Å². The number of ether oxygens (including phenoxy) is 1. The van der Waals surface area contributed by atoms with Crippen molar-refractivity contribution >= 4 is 32.8 Å². The van der Waals surface area contributed by atoms with Crippen molar-refractivity contribution < 1.29 is 14.6 Å². The van der Waals surface area contributed by atoms with Gasteiger partial charge in [-0.2, -0.15) is 0 Å². The maximum atomic E-state index is 11.4. The minimum absolute atomic E-state index is 0.0868. The molecule has 100 valence electrons. The lowest BCUT2D eigenvalue weighted by atomic mass is 10.0. The van der Waals surface area contributed by atoms with Crippen LogP contribution in [0.15, 0.2) is 22.7 Å². The molecule has 0 saturated carbocycles. The van der Waals surface area contributed by atoms with Crippen LogP contribution in [-0.2, 0) is 22.6 Å². The Morgan fingerprint density at radius 3 is 2.84 bits per heavy atom. The Morgan fingerprint density at radius 2 is 2.21 bits per heavy atom. The third-order valence-electron chi connectivity index (χ3n) is 3.02. The van der Waals surface area contributed by atoms with Gasteiger partial charge in [0, 0.05) is 9.86 Å². The summed E-state index contributed by atoms with van der Waals surface area (Å²) in [6.07, 6.45) is 0.223. The molecular formula is C14H14BrNO3. The van der Waals surface area contributed by atoms with Crippen molar-refractivity contribution in [3.8, 4) is 0 Å². The smallest absolute Gasteiger partial charge is 0.310 e. The third-order valence-corrected chi connectivity index (χ3v) is 3.93. The lowest BCUT2D eigenvalue weighted by molar-refractivity contribution is -0.139. The van der Waals surface area contributed by atoms with Crippen LogP contribution in [0.1, 0.15) is 16.8 Å². The summed E-state index contributed by atoms with van der Waals surface area (Å²) in [7, 11) is 1.38. The van der Waals surface area contributed by atoms with Gasteiger partial charge in [0.05, 0.1) is 31.3 Å². The van der Waals surface area contributed by atoms with E-state index in [4.69, 9.17) is 9.84 Å². The second kappa shape index (κ2) is 5.67. The number of pyridine rings is 1. The SMILES string of the molecule is COC(=O)Cc1c(C)cc2nc(CO)ccc2c1Br. The van der Waals surface area contributed by atoms with Crippen molar-refractivity contribution in [1.82, 2.24) is 4.98 Å². The first-order valence-corrected chi connectivity index (χ1v) is 6.61. The molecule has 0 amide bonds. The number of methoxy groups -OCH3 is 1. The summed E-state index contributed by atoms with van der Waals surface area (Å²) in [5, 5.41) is 10.0. The van der Waals surface area contributed by atoms with Crippen LogP contribution in [0.25, 0.3) is 10.9 Å². The van der Waals surface area contributed by atoms with Crippen LogP contribution in [0.5, 0.6) is 0 Å². The molecule has 0 radical (unpaired) electrons. The fourth-order valence-electron chi connectivity index (χ4n) is 1.96. The van der Waals surface area contributed by atoms with Gasteiger partial charge >= 0.3 is 5.97 Å². The van der Waals surface area contributed by atoms with Crippen molar-refractivity contribution in [1.29, 1.82) is 0 Å². The van der Waals surface area contributed by atoms with E-state index in [9.17, 15) is 4.79 Å². The van der Waals surface area contributed by atoms with E-state index in [0.29, 0.717) is 5.69 Å². The van der Waals surface area contributed by atoms with Gasteiger partial charge in [-0.05, 0) is 52.2 Å². The molecule has 0 aliphatic rings. The van der Waals surface area contributed by atoms with E-state index >= 15 is 0 Å². The lowest BCUT2D eigenvalue weighted by Gasteiger charge is -2.11. The zero-order valence-electron chi connectivity index (χ0n) is 10.7. The van der Waals surface area contributed by atoms with Gasteiger partial charge in [-0.1, -0.05) is 0 Å². The molecular weight excluding hydrogens is 310 g/mol. The predicted molar refractivity (Wildman–Crippen MR) is 75.8 cm³/mol. The van der Waals surface area contributed by atoms with Crippen LogP contribution < -0.4 is 0 Å². The Hall–Kier alpha value is -1.46. The van der Waals surface area contributed by atoms with Gasteiger partial charge < -0.3 is 9.84 Å². The monoisotopic (exact) mass is 323 g/mol. The van der Waals surface area contributed by atoms with Crippen molar-refractivity contribution in [3.05, 3.63) is 39.5 Å². The molecule has 1 aromatic heterocycles. The van der Waals surface area contributed by atoms with E-state index in [2.05, 4.69) is 20.9 Å². The summed E-state index contributed by atoms with van der Waals surface area (Å²) in [6, 6.07) is 5.57. The number of nitrogens with zero attached hydrogens (tertiary/aromatic N) is 1. The van der Waals surface area contributed by atoms with Gasteiger partial charge in [-0.25, -0.2) is 0 Å². The first kappa shape index (κ1) is 14.0. The summed E-state index contributed by atoms with van der Waals surface area (Å²) < 4.78 is 5.56. The molecule has 4 nitrogen and oxygen atoms in total. The van der Waals surface area contributed by atoms with Crippen molar-refractivity contribution in [2.45, 2.75) is 20.0 Å². The van der Waals surface area contributed by atoms with E-state index in [1.54, 1.807) is 6.07 Å². The highest BCUT2D eigenvalue weighted by atomic mass is 79.9. The second-order valence-electron chi connectivity index (χ2n) is 4.27. The van der Waals surface area contributed by atoms with E-state index in [1.165, 1.54) is 7.11 Å². The number of esters is 1. The number of hydrogen-bond donors (Lipinski definition) is 1. The van der Waals surface area contributed by atoms with Gasteiger partial charge in [-0.15, -0.1) is 0 Å². The van der Waals surface area contributed by atoms with E-state index in [-0.39, 0.29) is 19.0 Å². The Bertz CT molecular complexity index is 640. The van der Waals surface area contributed by atoms with Gasteiger partial charge in [0.25, 0.3) is 0 Å². The summed E-state index contributed by atoms with van der Waals surface area (Å²) >= 11 is 3.53. The highest BCUT2D eigenvalue weighted by molar-refractivity contribution is 9.10. The maximum absolute atomic E-state index is 11.4. The molecule has 2 aromatic rings. The zero-order valence-corrected chi connectivity index (χ0v) is 12.3. The number of fused-ring (bicyclic) bond motifs is 1. The van der Waals surface area contributed by atoms with Crippen LogP contribution >= 0.6 is 15.9 Å². The van der Waals surface area contributed by atoms with Gasteiger partial charge in [0.15, 0.2) is 0 Å². The number of benzene rings is 1. The number of aliphatic hydroxyl groups excluding tert-OH is 1. The number of aryl methyl sites for hydroxylation is 1. The topological polar surface area (TPSA) is 59.4 Å². The summed E-state index contributed by atoms with van der Waals surface area (Å²) in [5.41, 5.74) is 3.29. The van der Waals surface area contributed by atoms with E-state index in [0.717, 1.165) is 26.5 Å². The van der Waals surface area contributed by atoms with Gasteiger partial charge in [0.1, 0.15) is 0 Å². The molecule has 0 fully saturated rings. The number of aromatic nitrogens is 1. The average Bonchev–Trinajstić information content (AvgIpc) is 2.42. The molecule has 1 heterocycles. The second-order valence-corrected chi connectivity index (χ2v) is 5.06. The quantitative estimate of drug-likeness (QED) is 0.882. The molecule has 0 bridgehead atoms. The van der Waals surface area contributed by atoms with Gasteiger partial charge in [0.2, 0.25) is 0 Å². The van der Waals surface area contributed by atoms with Gasteiger partial charge in [-0.3, -0.25) is 9.78 Å². The minimum Gasteiger partial charge on any atom is -0.469 e. The number of hydrogen-bond acceptors (Lipinski definition) is 4. The molecule has 0 atom stereocenters. The van der Waals surface area contributed by atoms with Crippen LogP contribution in [-0.4, -0.2) is 23.2 Å². The standard InChI is InChI=1S/C14H14BrNO3/c1-8-5-12-10(4-3-9(7-17)16-12)14(15)11(8)6-13(18)19-2/h3-5,17H,6-7H2,1-2H3. The molecule has 0 saturated heterocycles. The zero-order chi connectivity index (χ0) is 14.0. The highest BCUT2D eigenvalue weighted by Crippen LogP contribution is 2.30. The van der Waals surface area contributed by atoms with Crippen molar-refractivity contribution in [2.24, 2.45) is 0 Å². The van der Waals surface area contributed by atoms with Crippen molar-refractivity contribution in [2.75, 3.05) is 7.11 Å². The fraction of sp³-hybridized carbons (Fsp3) is 0.286. The molecule has 0 aliphatic heterocycles. The molecule has 0 aliphatic carbocycles. The molecule has 1 N–H and O–H groups in total. The number of rotatable bonds is 3. The van der Waals surface area contributed by atoms with Crippen molar-refractivity contribution in [3.63, 3.8) is 0 Å². The average molecular weight is 324 g/mol. The molecule has 5 heteroatoms. The van der Waals surface area contributed by atoms with Crippen LogP contribution in [0.3, 0.4) is 0 Å². The van der Waals surface area contributed by atoms with Crippen LogP contribution in [0, 0.1) is 6.92 Å². The molecule has 19 heavy (non-hydrogen) atoms. The Morgan fingerprint density at radius 1 is 1.47 bits per heavy atom. The van der Waals surface area contributed by atoms with Crippen LogP contribution in [0.2, 0.25) is 0 Å². The number of halogens is 1. The number of carbonyl (C=O) groups excluding carboxylic acids is 1. The largest absolute Gasteiger partial charge is 0.469 e. The first-order valence-electron chi connectivity index (χ1n) is 5.82. The lowest BCUT2D eigenvalue weighted by Crippen LogP contribution is -2.07. The summed E-state index contributed by atoms with van der Waals surface area (Å²) in [5.74, 6) is -0.275. The Kier molecular flexibility index (Phi) is 4.17. The molecule has 2 rings (SSSR count). The summed E-state index contributed by atoms with van der Waals surface area (Å²) in [6.45, 7) is 1.84. The molecule has 1 aromatic carbocycles.